The van der Waals surface area contributed by atoms with E-state index in [4.69, 9.17) is 18.9 Å². The van der Waals surface area contributed by atoms with Gasteiger partial charge in [-0.05, 0) is 55.1 Å². The second-order valence-corrected chi connectivity index (χ2v) is 18.5. The summed E-state index contributed by atoms with van der Waals surface area (Å²) in [4.78, 5) is 42.9. The Hall–Kier alpha value is -4.27. The first-order chi connectivity index (χ1) is 24.0. The maximum absolute atomic E-state index is 15.0. The third kappa shape index (κ3) is 6.39. The van der Waals surface area contributed by atoms with Gasteiger partial charge in [0, 0.05) is 55.9 Å². The number of anilines is 2. The molecule has 50 heavy (non-hydrogen) atoms. The van der Waals surface area contributed by atoms with Crippen molar-refractivity contribution >= 4 is 42.6 Å². The van der Waals surface area contributed by atoms with Crippen molar-refractivity contribution in [3.8, 4) is 5.75 Å². The number of aromatic nitrogens is 3. The average Bonchev–Trinajstić information content (AvgIpc) is 3.88. The Labute approximate surface area is 293 Å². The monoisotopic (exact) mass is 705 g/mol. The molecule has 4 heterocycles. The van der Waals surface area contributed by atoms with Gasteiger partial charge >= 0.3 is 12.1 Å². The Morgan fingerprint density at radius 1 is 1.10 bits per heavy atom. The molecule has 4 atom stereocenters. The van der Waals surface area contributed by atoms with Gasteiger partial charge in [-0.3, -0.25) is 19.2 Å². The number of fused-ring (bicyclic) bond motifs is 2. The van der Waals surface area contributed by atoms with Crippen LogP contribution in [0.15, 0.2) is 48.7 Å². The molecule has 0 bridgehead atoms. The van der Waals surface area contributed by atoms with Crippen LogP contribution in [0.2, 0.25) is 18.6 Å². The zero-order valence-electron chi connectivity index (χ0n) is 29.5. The molecule has 0 aliphatic carbocycles. The number of carbonyl (C=O) groups is 3. The van der Waals surface area contributed by atoms with Crippen LogP contribution < -0.4 is 19.7 Å². The van der Waals surface area contributed by atoms with Crippen molar-refractivity contribution in [2.24, 2.45) is 5.92 Å². The minimum absolute atomic E-state index is 0.00723. The number of carbonyl (C=O) groups excluding carboxylic acids is 3. The number of aliphatic hydroxyl groups is 1. The molecule has 3 aliphatic rings. The first kappa shape index (κ1) is 35.5. The molecule has 2 amide bonds. The number of methoxy groups -OCH3 is 2. The Balaban J connectivity index is 1.41. The van der Waals surface area contributed by atoms with E-state index < -0.39 is 19.8 Å². The molecular formula is C36H47N5O8Si. The summed E-state index contributed by atoms with van der Waals surface area (Å²) in [7, 11) is 0.644. The molecule has 268 valence electrons. The molecule has 1 N–H and O–H groups in total. The molecule has 0 saturated carbocycles. The zero-order valence-corrected chi connectivity index (χ0v) is 30.5. The number of unbranched alkanes of at least 4 members (excludes halogenated alkanes) is 1. The van der Waals surface area contributed by atoms with Crippen LogP contribution in [0.4, 0.5) is 16.2 Å². The van der Waals surface area contributed by atoms with Crippen molar-refractivity contribution in [2.75, 3.05) is 50.3 Å². The van der Waals surface area contributed by atoms with E-state index >= 15 is 4.79 Å². The summed E-state index contributed by atoms with van der Waals surface area (Å²) in [6, 6.07) is 13.9. The third-order valence-corrected chi connectivity index (χ3v) is 15.1. The summed E-state index contributed by atoms with van der Waals surface area (Å²) in [6.07, 6.45) is 3.58. The Kier molecular flexibility index (Phi) is 10.3. The Morgan fingerprint density at radius 3 is 2.56 bits per heavy atom. The van der Waals surface area contributed by atoms with E-state index in [-0.39, 0.29) is 42.5 Å². The van der Waals surface area contributed by atoms with E-state index in [9.17, 15) is 14.7 Å². The van der Waals surface area contributed by atoms with Gasteiger partial charge in [0.05, 0.1) is 46.3 Å². The highest BCUT2D eigenvalue weighted by Crippen LogP contribution is 2.60. The van der Waals surface area contributed by atoms with Crippen LogP contribution in [0.25, 0.3) is 0 Å². The van der Waals surface area contributed by atoms with E-state index in [2.05, 4.69) is 42.5 Å². The topological polar surface area (TPSA) is 146 Å². The molecule has 2 aromatic carbocycles. The summed E-state index contributed by atoms with van der Waals surface area (Å²) < 4.78 is 24.6. The number of benzene rings is 2. The van der Waals surface area contributed by atoms with Crippen LogP contribution in [0.3, 0.4) is 0 Å². The van der Waals surface area contributed by atoms with Gasteiger partial charge in [0.25, 0.3) is 5.91 Å². The lowest BCUT2D eigenvalue weighted by Crippen LogP contribution is -2.52. The molecule has 13 nitrogen and oxygen atoms in total. The van der Waals surface area contributed by atoms with E-state index in [0.717, 1.165) is 17.0 Å². The number of ether oxygens (including phenoxy) is 4. The van der Waals surface area contributed by atoms with E-state index in [0.29, 0.717) is 63.3 Å². The number of cyclic esters (lactones) is 1. The molecule has 1 spiro atoms. The van der Waals surface area contributed by atoms with Crippen molar-refractivity contribution in [3.05, 3.63) is 59.9 Å². The highest BCUT2D eigenvalue weighted by Gasteiger charge is 2.66. The van der Waals surface area contributed by atoms with E-state index in [1.807, 2.05) is 36.5 Å². The van der Waals surface area contributed by atoms with Gasteiger partial charge in [-0.1, -0.05) is 42.6 Å². The lowest BCUT2D eigenvalue weighted by molar-refractivity contribution is -0.146. The standard InChI is InChI=1S/C36H47N5O8Si/c1-24-33(50(4,5)28-12-10-27(46-2)11-13-28)31(15-18-39-23-25(16-20-42)37-38-39)49-36(24)29-22-26(40-19-21-48-35(40)45)9-14-30(29)41(34(36)44)17-7-6-8-32(43)47-3/h9-14,22-24,31,33,42H,6-8,15-21H2,1-5H3/t24-,31+,33-,36+/m1/s1. The minimum atomic E-state index is -2.38. The van der Waals surface area contributed by atoms with Crippen molar-refractivity contribution in [1.82, 2.24) is 15.0 Å². The molecule has 0 unspecified atom stereocenters. The number of aryl methyl sites for hydroxylation is 1. The normalized spacial score (nSPS) is 23.1. The maximum Gasteiger partial charge on any atom is 0.414 e. The highest BCUT2D eigenvalue weighted by molar-refractivity contribution is 6.91. The summed E-state index contributed by atoms with van der Waals surface area (Å²) in [5, 5.41) is 19.1. The quantitative estimate of drug-likeness (QED) is 0.150. The fourth-order valence-corrected chi connectivity index (χ4v) is 12.2. The van der Waals surface area contributed by atoms with Gasteiger partial charge in [-0.15, -0.1) is 5.10 Å². The zero-order chi connectivity index (χ0) is 35.6. The van der Waals surface area contributed by atoms with Gasteiger partial charge in [0.1, 0.15) is 12.4 Å². The number of aliphatic hydroxyl groups excluding tert-OH is 1. The number of rotatable bonds is 14. The second kappa shape index (κ2) is 14.5. The van der Waals surface area contributed by atoms with Crippen molar-refractivity contribution < 1.29 is 38.4 Å². The van der Waals surface area contributed by atoms with Crippen molar-refractivity contribution in [1.29, 1.82) is 0 Å². The molecule has 3 aromatic rings. The van der Waals surface area contributed by atoms with E-state index in [1.54, 1.807) is 21.6 Å². The molecule has 2 saturated heterocycles. The van der Waals surface area contributed by atoms with Crippen LogP contribution in [-0.4, -0.2) is 92.8 Å². The van der Waals surface area contributed by atoms with Gasteiger partial charge < -0.3 is 29.0 Å². The lowest BCUT2D eigenvalue weighted by Gasteiger charge is -2.37. The first-order valence-corrected chi connectivity index (χ1v) is 20.4. The Morgan fingerprint density at radius 2 is 1.88 bits per heavy atom. The maximum atomic E-state index is 15.0. The molecule has 6 rings (SSSR count). The Bertz CT molecular complexity index is 1710. The van der Waals surface area contributed by atoms with Gasteiger partial charge in [0.2, 0.25) is 0 Å². The predicted molar refractivity (Wildman–Crippen MR) is 188 cm³/mol. The second-order valence-electron chi connectivity index (χ2n) is 13.8. The summed E-state index contributed by atoms with van der Waals surface area (Å²) >= 11 is 0. The van der Waals surface area contributed by atoms with Crippen LogP contribution in [-0.2, 0) is 42.4 Å². The summed E-state index contributed by atoms with van der Waals surface area (Å²) in [6.45, 7) is 8.45. The average molecular weight is 706 g/mol. The molecule has 14 heteroatoms. The number of esters is 1. The van der Waals surface area contributed by atoms with Crippen molar-refractivity contribution in [3.63, 3.8) is 0 Å². The van der Waals surface area contributed by atoms with Crippen molar-refractivity contribution in [2.45, 2.75) is 75.9 Å². The fourth-order valence-electron chi connectivity index (χ4n) is 8.17. The predicted octanol–water partition coefficient (Wildman–Crippen LogP) is 3.77. The van der Waals surface area contributed by atoms with E-state index in [1.165, 1.54) is 12.3 Å². The van der Waals surface area contributed by atoms with Gasteiger partial charge in [0.15, 0.2) is 5.60 Å². The van der Waals surface area contributed by atoms with Crippen LogP contribution in [0.5, 0.6) is 5.75 Å². The summed E-state index contributed by atoms with van der Waals surface area (Å²) in [5.74, 6) is 0.140. The van der Waals surface area contributed by atoms with Gasteiger partial charge in [-0.25, -0.2) is 4.79 Å². The molecule has 3 aliphatic heterocycles. The molecule has 1 aromatic heterocycles. The minimum Gasteiger partial charge on any atom is -0.497 e. The largest absolute Gasteiger partial charge is 0.497 e. The smallest absolute Gasteiger partial charge is 0.414 e. The van der Waals surface area contributed by atoms with Crippen LogP contribution in [0, 0.1) is 5.92 Å². The third-order valence-electron chi connectivity index (χ3n) is 10.7. The summed E-state index contributed by atoms with van der Waals surface area (Å²) in [5.41, 5.74) is 1.58. The first-order valence-electron chi connectivity index (χ1n) is 17.3. The SMILES string of the molecule is COC(=O)CCCCN1C(=O)[C@@]2(O[C@@H](CCn3cc(CCO)nn3)[C@H]([Si](C)(C)c3ccc(OC)cc3)[C@H]2C)c2cc(N3CCOC3=O)ccc21. The van der Waals surface area contributed by atoms with Crippen LogP contribution in [0.1, 0.15) is 43.9 Å². The lowest BCUT2D eigenvalue weighted by atomic mass is 9.82. The molecule has 0 radical (unpaired) electrons. The van der Waals surface area contributed by atoms with Gasteiger partial charge in [-0.2, -0.15) is 0 Å². The number of hydrogen-bond acceptors (Lipinski definition) is 10. The highest BCUT2D eigenvalue weighted by atomic mass is 28.3. The van der Waals surface area contributed by atoms with Crippen LogP contribution >= 0.6 is 0 Å². The fraction of sp³-hybridized carbons (Fsp3) is 0.528. The number of hydrogen-bond donors (Lipinski definition) is 1. The number of nitrogens with zero attached hydrogens (tertiary/aromatic N) is 5. The number of amides is 2. The molecular weight excluding hydrogens is 659 g/mol. The molecule has 2 fully saturated rings.